The van der Waals surface area contributed by atoms with E-state index in [1.165, 1.54) is 0 Å². The number of nitrogens with zero attached hydrogens (tertiary/aromatic N) is 1. The number of hydrogen-bond donors (Lipinski definition) is 0. The minimum absolute atomic E-state index is 0.203. The van der Waals surface area contributed by atoms with Gasteiger partial charge >= 0.3 is 11.9 Å². The smallest absolute Gasteiger partial charge is 0.333 e. The van der Waals surface area contributed by atoms with Crippen molar-refractivity contribution in [1.82, 2.24) is 4.90 Å². The second-order valence-corrected chi connectivity index (χ2v) is 9.78. The molecule has 5 heteroatoms. The summed E-state index contributed by atoms with van der Waals surface area (Å²) >= 11 is 0. The van der Waals surface area contributed by atoms with Gasteiger partial charge in [0.25, 0.3) is 0 Å². The molecule has 0 N–H and O–H groups in total. The van der Waals surface area contributed by atoms with Gasteiger partial charge in [0, 0.05) is 35.1 Å². The minimum Gasteiger partial charge on any atom is -0.456 e. The molecule has 3 atom stereocenters. The molecule has 0 aromatic carbocycles. The highest BCUT2D eigenvalue weighted by atomic mass is 16.6. The van der Waals surface area contributed by atoms with Gasteiger partial charge < -0.3 is 9.47 Å². The zero-order chi connectivity index (χ0) is 22.1. The van der Waals surface area contributed by atoms with Crippen molar-refractivity contribution < 1.29 is 19.1 Å². The molecule has 0 spiro atoms. The van der Waals surface area contributed by atoms with Crippen LogP contribution in [-0.2, 0) is 19.1 Å². The Balaban J connectivity index is 2.84. The molecule has 0 saturated heterocycles. The maximum absolute atomic E-state index is 12.1. The lowest BCUT2D eigenvalue weighted by atomic mass is 9.87. The van der Waals surface area contributed by atoms with Crippen molar-refractivity contribution in [3.05, 3.63) is 24.3 Å². The average molecular weight is 394 g/mol. The molecule has 1 saturated carbocycles. The Morgan fingerprint density at radius 1 is 1.00 bits per heavy atom. The van der Waals surface area contributed by atoms with Crippen LogP contribution in [0.1, 0.15) is 74.7 Å². The highest BCUT2D eigenvalue weighted by Crippen LogP contribution is 2.49. The molecule has 1 rings (SSSR count). The molecule has 28 heavy (non-hydrogen) atoms. The molecule has 1 aliphatic carbocycles. The van der Waals surface area contributed by atoms with Gasteiger partial charge in [0.05, 0.1) is 0 Å². The predicted molar refractivity (Wildman–Crippen MR) is 113 cm³/mol. The van der Waals surface area contributed by atoms with E-state index >= 15 is 0 Å². The monoisotopic (exact) mass is 393 g/mol. The van der Waals surface area contributed by atoms with Crippen LogP contribution in [0.5, 0.6) is 0 Å². The molecule has 1 aliphatic rings. The third-order valence-electron chi connectivity index (χ3n) is 5.95. The summed E-state index contributed by atoms with van der Waals surface area (Å²) in [5.41, 5.74) is -0.497. The van der Waals surface area contributed by atoms with Crippen LogP contribution in [0, 0.1) is 5.92 Å². The fraction of sp³-hybridized carbons (Fsp3) is 0.739. The Labute approximate surface area is 171 Å². The molecule has 0 radical (unpaired) electrons. The van der Waals surface area contributed by atoms with Crippen molar-refractivity contribution in [2.75, 3.05) is 7.05 Å². The van der Waals surface area contributed by atoms with E-state index in [-0.39, 0.29) is 23.4 Å². The molecule has 0 aromatic heterocycles. The van der Waals surface area contributed by atoms with Crippen LogP contribution in [-0.4, -0.2) is 46.7 Å². The zero-order valence-corrected chi connectivity index (χ0v) is 19.3. The fourth-order valence-electron chi connectivity index (χ4n) is 3.96. The highest BCUT2D eigenvalue weighted by Gasteiger charge is 2.55. The number of ether oxygens (including phenoxy) is 2. The van der Waals surface area contributed by atoms with Gasteiger partial charge in [-0.25, -0.2) is 9.59 Å². The van der Waals surface area contributed by atoms with Gasteiger partial charge in [0.1, 0.15) is 11.2 Å². The fourth-order valence-corrected chi connectivity index (χ4v) is 3.96. The van der Waals surface area contributed by atoms with Crippen molar-refractivity contribution in [1.29, 1.82) is 0 Å². The predicted octanol–water partition coefficient (Wildman–Crippen LogP) is 4.66. The molecule has 5 nitrogen and oxygen atoms in total. The van der Waals surface area contributed by atoms with Gasteiger partial charge in [-0.05, 0) is 68.4 Å². The van der Waals surface area contributed by atoms with Crippen molar-refractivity contribution in [3.63, 3.8) is 0 Å². The normalized spacial score (nSPS) is 21.6. The minimum atomic E-state index is -0.612. The van der Waals surface area contributed by atoms with Crippen molar-refractivity contribution in [3.8, 4) is 0 Å². The van der Waals surface area contributed by atoms with E-state index in [2.05, 4.69) is 39.0 Å². The number of esters is 2. The van der Waals surface area contributed by atoms with Crippen LogP contribution >= 0.6 is 0 Å². The van der Waals surface area contributed by atoms with Crippen LogP contribution in [0.2, 0.25) is 0 Å². The van der Waals surface area contributed by atoms with Crippen LogP contribution in [0.4, 0.5) is 0 Å². The molecule has 3 unspecified atom stereocenters. The van der Waals surface area contributed by atoms with Crippen LogP contribution < -0.4 is 0 Å². The van der Waals surface area contributed by atoms with E-state index in [9.17, 15) is 9.59 Å². The van der Waals surface area contributed by atoms with E-state index in [1.807, 2.05) is 27.7 Å². The largest absolute Gasteiger partial charge is 0.456 e. The molecule has 0 bridgehead atoms. The third kappa shape index (κ3) is 5.94. The number of carbonyl (C=O) groups excluding carboxylic acids is 2. The van der Waals surface area contributed by atoms with Gasteiger partial charge in [-0.3, -0.25) is 4.90 Å². The summed E-state index contributed by atoms with van der Waals surface area (Å²) in [5, 5.41) is 0. The molecule has 1 fully saturated rings. The lowest BCUT2D eigenvalue weighted by molar-refractivity contribution is -0.156. The highest BCUT2D eigenvalue weighted by molar-refractivity contribution is 5.87. The van der Waals surface area contributed by atoms with E-state index in [4.69, 9.17) is 9.47 Å². The van der Waals surface area contributed by atoms with Gasteiger partial charge in [0.2, 0.25) is 0 Å². The van der Waals surface area contributed by atoms with E-state index in [0.717, 1.165) is 12.8 Å². The lowest BCUT2D eigenvalue weighted by Gasteiger charge is -2.42. The van der Waals surface area contributed by atoms with E-state index < -0.39 is 11.2 Å². The average Bonchev–Trinajstić information content (AvgIpc) is 3.33. The zero-order valence-electron chi connectivity index (χ0n) is 19.3. The van der Waals surface area contributed by atoms with Gasteiger partial charge in [-0.15, -0.1) is 0 Å². The number of carbonyl (C=O) groups is 2. The standard InChI is InChI=1S/C23H39NO4/c1-12-23(10,28-20(26)16(4)5)17-13-18(17)24(11)21(6,7)14-22(8,9)27-19(25)15(2)3/h17-18H,2,4,12-14H2,1,3,5-11H3. The van der Waals surface area contributed by atoms with E-state index in [1.54, 1.807) is 13.8 Å². The third-order valence-corrected chi connectivity index (χ3v) is 5.95. The Hall–Kier alpha value is -1.62. The van der Waals surface area contributed by atoms with Crippen LogP contribution in [0.25, 0.3) is 0 Å². The summed E-state index contributed by atoms with van der Waals surface area (Å²) in [7, 11) is 2.10. The molecule has 0 aliphatic heterocycles. The van der Waals surface area contributed by atoms with Gasteiger partial charge in [-0.2, -0.15) is 0 Å². The van der Waals surface area contributed by atoms with Crippen LogP contribution in [0.15, 0.2) is 24.3 Å². The SMILES string of the molecule is C=C(C)C(=O)OC(C)(C)CC(C)(C)N(C)C1CC1C(C)(CC)OC(=O)C(=C)C. The quantitative estimate of drug-likeness (QED) is 0.399. The first-order valence-corrected chi connectivity index (χ1v) is 10.1. The van der Waals surface area contributed by atoms with Crippen molar-refractivity contribution in [2.24, 2.45) is 5.92 Å². The lowest BCUT2D eigenvalue weighted by Crippen LogP contribution is -2.50. The topological polar surface area (TPSA) is 55.8 Å². The molecular weight excluding hydrogens is 354 g/mol. The first kappa shape index (κ1) is 24.4. The number of rotatable bonds is 10. The summed E-state index contributed by atoms with van der Waals surface area (Å²) in [6, 6.07) is 0.311. The molecule has 0 aromatic rings. The maximum Gasteiger partial charge on any atom is 0.333 e. The number of hydrogen-bond acceptors (Lipinski definition) is 5. The summed E-state index contributed by atoms with van der Waals surface area (Å²) in [6.07, 6.45) is 2.40. The Morgan fingerprint density at radius 2 is 1.46 bits per heavy atom. The summed E-state index contributed by atoms with van der Waals surface area (Å²) in [6.45, 7) is 22.9. The van der Waals surface area contributed by atoms with E-state index in [0.29, 0.717) is 23.6 Å². The van der Waals surface area contributed by atoms with Crippen molar-refractivity contribution >= 4 is 11.9 Å². The summed E-state index contributed by atoms with van der Waals surface area (Å²) in [4.78, 5) is 26.4. The Morgan fingerprint density at radius 3 is 1.89 bits per heavy atom. The second-order valence-electron chi connectivity index (χ2n) is 9.78. The summed E-state index contributed by atoms with van der Waals surface area (Å²) < 4.78 is 11.4. The first-order chi connectivity index (χ1) is 12.6. The molecule has 0 heterocycles. The maximum atomic E-state index is 12.1. The molecule has 160 valence electrons. The van der Waals surface area contributed by atoms with Crippen molar-refractivity contribution in [2.45, 2.75) is 97.4 Å². The van der Waals surface area contributed by atoms with Crippen LogP contribution in [0.3, 0.4) is 0 Å². The second kappa shape index (κ2) is 8.40. The van der Waals surface area contributed by atoms with Gasteiger partial charge in [0.15, 0.2) is 0 Å². The Bertz CT molecular complexity index is 649. The Kier molecular flexibility index (Phi) is 7.32. The summed E-state index contributed by atoms with van der Waals surface area (Å²) in [5.74, 6) is -0.422. The van der Waals surface area contributed by atoms with Gasteiger partial charge in [-0.1, -0.05) is 20.1 Å². The molecule has 0 amide bonds. The first-order valence-electron chi connectivity index (χ1n) is 10.1. The molecular formula is C23H39NO4.